The molecule has 2 rings (SSSR count). The van der Waals surface area contributed by atoms with E-state index < -0.39 is 23.6 Å². The Morgan fingerprint density at radius 2 is 1.75 bits per heavy atom. The summed E-state index contributed by atoms with van der Waals surface area (Å²) >= 11 is 0. The number of hydrogen-bond acceptors (Lipinski definition) is 2. The van der Waals surface area contributed by atoms with Crippen LogP contribution >= 0.6 is 0 Å². The second kappa shape index (κ2) is 5.80. The summed E-state index contributed by atoms with van der Waals surface area (Å²) in [5.74, 6) is -0.966. The molecule has 1 saturated heterocycles. The fourth-order valence-corrected chi connectivity index (χ4v) is 2.48. The van der Waals surface area contributed by atoms with Crippen molar-refractivity contribution < 1.29 is 17.6 Å². The Balaban J connectivity index is 2.34. The molecule has 0 bridgehead atoms. The highest BCUT2D eigenvalue weighted by atomic mass is 19.4. The van der Waals surface area contributed by atoms with Gasteiger partial charge >= 0.3 is 6.18 Å². The van der Waals surface area contributed by atoms with E-state index in [-0.39, 0.29) is 5.56 Å². The van der Waals surface area contributed by atoms with Crippen molar-refractivity contribution in [3.8, 4) is 6.07 Å². The number of likely N-dealkylation sites (tertiary alicyclic amines) is 1. The van der Waals surface area contributed by atoms with Gasteiger partial charge in [0.2, 0.25) is 0 Å². The third kappa shape index (κ3) is 3.28. The Morgan fingerprint density at radius 1 is 1.10 bits per heavy atom. The summed E-state index contributed by atoms with van der Waals surface area (Å²) in [6.07, 6.45) is -1.76. The van der Waals surface area contributed by atoms with Crippen LogP contribution < -0.4 is 0 Å². The van der Waals surface area contributed by atoms with Gasteiger partial charge in [-0.1, -0.05) is 6.42 Å². The maximum atomic E-state index is 13.4. The van der Waals surface area contributed by atoms with Crippen LogP contribution in [0.2, 0.25) is 0 Å². The van der Waals surface area contributed by atoms with E-state index in [4.69, 9.17) is 0 Å². The molecule has 1 aliphatic rings. The summed E-state index contributed by atoms with van der Waals surface area (Å²) in [6, 6.07) is 3.49. The van der Waals surface area contributed by atoms with Crippen LogP contribution in [0, 0.1) is 17.1 Å². The molecule has 20 heavy (non-hydrogen) atoms. The number of hydrogen-bond donors (Lipinski definition) is 0. The van der Waals surface area contributed by atoms with Crippen LogP contribution in [0.15, 0.2) is 18.2 Å². The van der Waals surface area contributed by atoms with Gasteiger partial charge < -0.3 is 0 Å². The van der Waals surface area contributed by atoms with Crippen molar-refractivity contribution in [1.82, 2.24) is 4.90 Å². The van der Waals surface area contributed by atoms with Crippen molar-refractivity contribution in [3.05, 3.63) is 35.1 Å². The second-order valence-corrected chi connectivity index (χ2v) is 4.90. The number of benzene rings is 1. The summed E-state index contributed by atoms with van der Waals surface area (Å²) in [5, 5.41) is 9.22. The number of alkyl halides is 3. The number of rotatable bonds is 2. The minimum absolute atomic E-state index is 0.0710. The molecule has 0 radical (unpaired) electrons. The van der Waals surface area contributed by atoms with Crippen LogP contribution in [0.1, 0.15) is 36.4 Å². The third-order valence-corrected chi connectivity index (χ3v) is 3.44. The maximum absolute atomic E-state index is 13.4. The summed E-state index contributed by atoms with van der Waals surface area (Å²) in [4.78, 5) is 1.80. The fraction of sp³-hybridized carbons (Fsp3) is 0.500. The van der Waals surface area contributed by atoms with Crippen LogP contribution in [0.25, 0.3) is 0 Å². The van der Waals surface area contributed by atoms with Gasteiger partial charge in [-0.15, -0.1) is 0 Å². The predicted molar refractivity (Wildman–Crippen MR) is 65.2 cm³/mol. The molecule has 1 aliphatic heterocycles. The summed E-state index contributed by atoms with van der Waals surface area (Å²) in [7, 11) is 0. The minimum atomic E-state index is -4.61. The largest absolute Gasteiger partial charge is 0.416 e. The first-order valence-electron chi connectivity index (χ1n) is 6.43. The molecular weight excluding hydrogens is 272 g/mol. The normalized spacial score (nSPS) is 18.6. The molecule has 0 saturated carbocycles. The third-order valence-electron chi connectivity index (χ3n) is 3.44. The highest BCUT2D eigenvalue weighted by molar-refractivity contribution is 5.32. The van der Waals surface area contributed by atoms with Gasteiger partial charge in [-0.05, 0) is 49.7 Å². The van der Waals surface area contributed by atoms with Crippen LogP contribution in [-0.4, -0.2) is 18.0 Å². The van der Waals surface area contributed by atoms with Gasteiger partial charge in [0, 0.05) is 0 Å². The van der Waals surface area contributed by atoms with E-state index >= 15 is 0 Å². The van der Waals surface area contributed by atoms with Crippen molar-refractivity contribution in [1.29, 1.82) is 5.26 Å². The molecule has 1 aromatic carbocycles. The maximum Gasteiger partial charge on any atom is 0.416 e. The first-order valence-corrected chi connectivity index (χ1v) is 6.43. The number of halogens is 4. The number of piperidine rings is 1. The molecule has 0 N–H and O–H groups in total. The van der Waals surface area contributed by atoms with E-state index in [9.17, 15) is 22.8 Å². The SMILES string of the molecule is N#CC(c1cc(F)cc(C(F)(F)F)c1)N1CCCCC1. The fourth-order valence-electron chi connectivity index (χ4n) is 2.48. The topological polar surface area (TPSA) is 27.0 Å². The average Bonchev–Trinajstić information content (AvgIpc) is 2.39. The Morgan fingerprint density at radius 3 is 2.30 bits per heavy atom. The van der Waals surface area contributed by atoms with E-state index in [1.54, 1.807) is 4.90 Å². The van der Waals surface area contributed by atoms with E-state index in [2.05, 4.69) is 0 Å². The molecule has 0 aliphatic carbocycles. The van der Waals surface area contributed by atoms with Gasteiger partial charge in [0.1, 0.15) is 11.9 Å². The number of nitrogens with zero attached hydrogens (tertiary/aromatic N) is 2. The van der Waals surface area contributed by atoms with Crippen LogP contribution in [0.3, 0.4) is 0 Å². The van der Waals surface area contributed by atoms with Gasteiger partial charge in [-0.3, -0.25) is 4.90 Å². The molecule has 1 fully saturated rings. The van der Waals surface area contributed by atoms with Gasteiger partial charge in [0.25, 0.3) is 0 Å². The van der Waals surface area contributed by atoms with Gasteiger partial charge in [-0.25, -0.2) is 4.39 Å². The Hall–Kier alpha value is -1.61. The molecule has 0 spiro atoms. The van der Waals surface area contributed by atoms with E-state index in [0.717, 1.165) is 31.4 Å². The molecule has 1 atom stereocenters. The van der Waals surface area contributed by atoms with Crippen molar-refractivity contribution in [2.75, 3.05) is 13.1 Å². The first-order chi connectivity index (χ1) is 9.41. The highest BCUT2D eigenvalue weighted by Crippen LogP contribution is 2.33. The lowest BCUT2D eigenvalue weighted by Gasteiger charge is -2.31. The molecule has 1 aromatic rings. The highest BCUT2D eigenvalue weighted by Gasteiger charge is 2.33. The van der Waals surface area contributed by atoms with Gasteiger partial charge in [-0.2, -0.15) is 18.4 Å². The first kappa shape index (κ1) is 14.8. The quantitative estimate of drug-likeness (QED) is 0.771. The Kier molecular flexibility index (Phi) is 4.29. The van der Waals surface area contributed by atoms with E-state index in [1.807, 2.05) is 6.07 Å². The second-order valence-electron chi connectivity index (χ2n) is 4.90. The summed E-state index contributed by atoms with van der Waals surface area (Å²) in [5.41, 5.74) is -0.980. The minimum Gasteiger partial charge on any atom is -0.284 e. The molecule has 0 aromatic heterocycles. The van der Waals surface area contributed by atoms with Crippen LogP contribution in [0.5, 0.6) is 0 Å². The molecule has 0 amide bonds. The molecule has 2 nitrogen and oxygen atoms in total. The molecule has 1 heterocycles. The Bertz CT molecular complexity index is 513. The smallest absolute Gasteiger partial charge is 0.284 e. The van der Waals surface area contributed by atoms with E-state index in [0.29, 0.717) is 19.2 Å². The number of nitriles is 1. The van der Waals surface area contributed by atoms with Crippen molar-refractivity contribution >= 4 is 0 Å². The predicted octanol–water partition coefficient (Wildman–Crippen LogP) is 3.90. The molecule has 108 valence electrons. The van der Waals surface area contributed by atoms with Gasteiger partial charge in [0.05, 0.1) is 11.6 Å². The van der Waals surface area contributed by atoms with Crippen LogP contribution in [0.4, 0.5) is 17.6 Å². The lowest BCUT2D eigenvalue weighted by molar-refractivity contribution is -0.137. The monoisotopic (exact) mass is 286 g/mol. The van der Waals surface area contributed by atoms with Crippen molar-refractivity contribution in [2.24, 2.45) is 0 Å². The zero-order valence-electron chi connectivity index (χ0n) is 10.8. The zero-order valence-corrected chi connectivity index (χ0v) is 10.8. The molecule has 1 unspecified atom stereocenters. The average molecular weight is 286 g/mol. The van der Waals surface area contributed by atoms with Crippen molar-refractivity contribution in [2.45, 2.75) is 31.5 Å². The standard InChI is InChI=1S/C14H14F4N2/c15-12-7-10(6-11(8-12)14(16,17)18)13(9-19)20-4-2-1-3-5-20/h6-8,13H,1-5H2. The molecule has 6 heteroatoms. The van der Waals surface area contributed by atoms with E-state index in [1.165, 1.54) is 0 Å². The Labute approximate surface area is 114 Å². The molecular formula is C14H14F4N2. The zero-order chi connectivity index (χ0) is 14.8. The van der Waals surface area contributed by atoms with Crippen molar-refractivity contribution in [3.63, 3.8) is 0 Å². The lowest BCUT2D eigenvalue weighted by Crippen LogP contribution is -2.33. The lowest BCUT2D eigenvalue weighted by atomic mass is 10.0. The summed E-state index contributed by atoms with van der Waals surface area (Å²) < 4.78 is 51.5. The van der Waals surface area contributed by atoms with Gasteiger partial charge in [0.15, 0.2) is 0 Å². The summed E-state index contributed by atoms with van der Waals surface area (Å²) in [6.45, 7) is 1.30. The van der Waals surface area contributed by atoms with Crippen LogP contribution in [-0.2, 0) is 6.18 Å².